The van der Waals surface area contributed by atoms with Crippen LogP contribution in [0.25, 0.3) is 0 Å². The van der Waals surface area contributed by atoms with Crippen molar-refractivity contribution in [3.63, 3.8) is 0 Å². The van der Waals surface area contributed by atoms with Crippen molar-refractivity contribution in [2.24, 2.45) is 0 Å². The Bertz CT molecular complexity index is 1250. The largest absolute Gasteiger partial charge is 0.497 e. The first kappa shape index (κ1) is 24.9. The van der Waals surface area contributed by atoms with Crippen LogP contribution in [0.5, 0.6) is 17.2 Å². The molecule has 1 atom stereocenters. The van der Waals surface area contributed by atoms with E-state index in [0.29, 0.717) is 22.9 Å². The van der Waals surface area contributed by atoms with E-state index in [1.165, 1.54) is 44.6 Å². The average molecular weight is 485 g/mol. The van der Waals surface area contributed by atoms with Crippen LogP contribution in [0.3, 0.4) is 0 Å². The molecule has 3 aromatic rings. The Balaban J connectivity index is 1.68. The van der Waals surface area contributed by atoms with Gasteiger partial charge in [0.1, 0.15) is 17.2 Å². The topological polar surface area (TPSA) is 103 Å². The zero-order valence-electron chi connectivity index (χ0n) is 19.7. The molecule has 0 unspecified atom stereocenters. The van der Waals surface area contributed by atoms with Gasteiger partial charge in [0.25, 0.3) is 15.9 Å². The van der Waals surface area contributed by atoms with E-state index in [-0.39, 0.29) is 16.5 Å². The van der Waals surface area contributed by atoms with Crippen molar-refractivity contribution in [1.82, 2.24) is 0 Å². The second kappa shape index (κ2) is 10.5. The predicted octanol–water partition coefficient (Wildman–Crippen LogP) is 4.53. The van der Waals surface area contributed by atoms with Gasteiger partial charge in [0.15, 0.2) is 6.10 Å². The van der Waals surface area contributed by atoms with Crippen molar-refractivity contribution in [3.05, 3.63) is 71.8 Å². The lowest BCUT2D eigenvalue weighted by atomic mass is 10.1. The molecule has 8 nitrogen and oxygen atoms in total. The molecule has 3 rings (SSSR count). The summed E-state index contributed by atoms with van der Waals surface area (Å²) in [7, 11) is -0.971. The first-order valence-electron chi connectivity index (χ1n) is 10.5. The molecule has 3 aromatic carbocycles. The lowest BCUT2D eigenvalue weighted by Gasteiger charge is -2.16. The molecule has 180 valence electrons. The van der Waals surface area contributed by atoms with Crippen LogP contribution in [-0.2, 0) is 14.8 Å². The normalized spacial score (nSPS) is 11.9. The summed E-state index contributed by atoms with van der Waals surface area (Å²) < 4.78 is 44.3. The maximum absolute atomic E-state index is 12.9. The molecule has 0 fully saturated rings. The molecule has 0 aliphatic heterocycles. The Morgan fingerprint density at radius 2 is 1.50 bits per heavy atom. The summed E-state index contributed by atoms with van der Waals surface area (Å²) in [6, 6.07) is 16.4. The number of rotatable bonds is 9. The first-order valence-corrected chi connectivity index (χ1v) is 12.0. The number of hydrogen-bond acceptors (Lipinski definition) is 6. The van der Waals surface area contributed by atoms with Gasteiger partial charge in [-0.25, -0.2) is 8.42 Å². The van der Waals surface area contributed by atoms with Gasteiger partial charge in [-0.2, -0.15) is 0 Å². The second-order valence-corrected chi connectivity index (χ2v) is 9.45. The van der Waals surface area contributed by atoms with E-state index in [4.69, 9.17) is 14.2 Å². The van der Waals surface area contributed by atoms with Gasteiger partial charge < -0.3 is 19.5 Å². The Labute approximate surface area is 199 Å². The molecular formula is C25H28N2O6S. The molecule has 1 amide bonds. The smallest absolute Gasteiger partial charge is 0.265 e. The van der Waals surface area contributed by atoms with Crippen molar-refractivity contribution in [2.75, 3.05) is 24.3 Å². The lowest BCUT2D eigenvalue weighted by Crippen LogP contribution is -2.30. The number of carbonyl (C=O) groups excluding carboxylic acids is 1. The number of anilines is 2. The van der Waals surface area contributed by atoms with Crippen molar-refractivity contribution < 1.29 is 27.4 Å². The Morgan fingerprint density at radius 1 is 0.853 bits per heavy atom. The SMILES string of the molecule is COc1ccc(OC)c(NS(=O)(=O)c2ccc(NC(=O)[C@H](C)Oc3cc(C)cc(C)c3)cc2)c1. The van der Waals surface area contributed by atoms with Crippen LogP contribution in [0.2, 0.25) is 0 Å². The maximum Gasteiger partial charge on any atom is 0.265 e. The van der Waals surface area contributed by atoms with Crippen LogP contribution in [0, 0.1) is 13.8 Å². The second-order valence-electron chi connectivity index (χ2n) is 7.77. The molecule has 0 saturated heterocycles. The van der Waals surface area contributed by atoms with Gasteiger partial charge in [-0.1, -0.05) is 6.07 Å². The maximum atomic E-state index is 12.9. The standard InChI is InChI=1S/C25H28N2O6S/c1-16-12-17(2)14-21(13-16)33-18(3)25(28)26-19-6-9-22(10-7-19)34(29,30)27-23-15-20(31-4)8-11-24(23)32-5/h6-15,18,27H,1-5H3,(H,26,28)/t18-/m0/s1. The number of carbonyl (C=O) groups is 1. The van der Waals surface area contributed by atoms with E-state index in [9.17, 15) is 13.2 Å². The Hall–Kier alpha value is -3.72. The van der Waals surface area contributed by atoms with E-state index >= 15 is 0 Å². The third-order valence-corrected chi connectivity index (χ3v) is 6.34. The van der Waals surface area contributed by atoms with Gasteiger partial charge >= 0.3 is 0 Å². The van der Waals surface area contributed by atoms with Crippen LogP contribution in [-0.4, -0.2) is 34.6 Å². The minimum absolute atomic E-state index is 0.0231. The number of aryl methyl sites for hydroxylation is 2. The fourth-order valence-electron chi connectivity index (χ4n) is 3.32. The molecule has 0 saturated carbocycles. The molecular weight excluding hydrogens is 456 g/mol. The fraction of sp³-hybridized carbons (Fsp3) is 0.240. The highest BCUT2D eigenvalue weighted by molar-refractivity contribution is 7.92. The van der Waals surface area contributed by atoms with Crippen LogP contribution >= 0.6 is 0 Å². The number of nitrogens with one attached hydrogen (secondary N) is 2. The number of benzene rings is 3. The van der Waals surface area contributed by atoms with Crippen molar-refractivity contribution in [3.8, 4) is 17.2 Å². The highest BCUT2D eigenvalue weighted by Gasteiger charge is 2.19. The zero-order chi connectivity index (χ0) is 24.9. The van der Waals surface area contributed by atoms with Gasteiger partial charge in [0, 0.05) is 11.8 Å². The minimum Gasteiger partial charge on any atom is -0.497 e. The predicted molar refractivity (Wildman–Crippen MR) is 131 cm³/mol. The quantitative estimate of drug-likeness (QED) is 0.463. The van der Waals surface area contributed by atoms with Crippen LogP contribution in [0.1, 0.15) is 18.1 Å². The molecule has 0 aromatic heterocycles. The average Bonchev–Trinajstić information content (AvgIpc) is 2.78. The number of hydrogen-bond donors (Lipinski definition) is 2. The molecule has 0 aliphatic carbocycles. The fourth-order valence-corrected chi connectivity index (χ4v) is 4.38. The molecule has 0 bridgehead atoms. The summed E-state index contributed by atoms with van der Waals surface area (Å²) in [4.78, 5) is 12.6. The van der Waals surface area contributed by atoms with E-state index in [1.54, 1.807) is 19.1 Å². The van der Waals surface area contributed by atoms with E-state index < -0.39 is 16.1 Å². The van der Waals surface area contributed by atoms with Crippen LogP contribution in [0.4, 0.5) is 11.4 Å². The molecule has 0 radical (unpaired) electrons. The summed E-state index contributed by atoms with van der Waals surface area (Å²) in [5.41, 5.74) is 2.77. The summed E-state index contributed by atoms with van der Waals surface area (Å²) in [6.07, 6.45) is -0.744. The molecule has 0 aliphatic rings. The van der Waals surface area contributed by atoms with E-state index in [0.717, 1.165) is 11.1 Å². The Kier molecular flexibility index (Phi) is 7.68. The van der Waals surface area contributed by atoms with Gasteiger partial charge in [0.05, 0.1) is 24.8 Å². The van der Waals surface area contributed by atoms with Gasteiger partial charge in [0.2, 0.25) is 0 Å². The number of methoxy groups -OCH3 is 2. The summed E-state index contributed by atoms with van der Waals surface area (Å²) in [5, 5.41) is 2.74. The van der Waals surface area contributed by atoms with Crippen molar-refractivity contribution >= 4 is 27.3 Å². The molecule has 0 spiro atoms. The zero-order valence-corrected chi connectivity index (χ0v) is 20.5. The molecule has 2 N–H and O–H groups in total. The van der Waals surface area contributed by atoms with Gasteiger partial charge in [-0.3, -0.25) is 9.52 Å². The third kappa shape index (κ3) is 6.20. The minimum atomic E-state index is -3.90. The number of sulfonamides is 1. The van der Waals surface area contributed by atoms with Crippen LogP contribution < -0.4 is 24.2 Å². The number of ether oxygens (including phenoxy) is 3. The summed E-state index contributed by atoms with van der Waals surface area (Å²) in [5.74, 6) is 1.09. The molecule has 9 heteroatoms. The highest BCUT2D eigenvalue weighted by atomic mass is 32.2. The van der Waals surface area contributed by atoms with Crippen molar-refractivity contribution in [1.29, 1.82) is 0 Å². The number of amides is 1. The van der Waals surface area contributed by atoms with Crippen molar-refractivity contribution in [2.45, 2.75) is 31.8 Å². The van der Waals surface area contributed by atoms with Gasteiger partial charge in [-0.15, -0.1) is 0 Å². The van der Waals surface area contributed by atoms with E-state index in [1.807, 2.05) is 32.0 Å². The third-order valence-electron chi connectivity index (χ3n) is 4.96. The highest BCUT2D eigenvalue weighted by Crippen LogP contribution is 2.31. The van der Waals surface area contributed by atoms with E-state index in [2.05, 4.69) is 10.0 Å². The lowest BCUT2D eigenvalue weighted by molar-refractivity contribution is -0.122. The first-order chi connectivity index (χ1) is 16.1. The molecule has 34 heavy (non-hydrogen) atoms. The van der Waals surface area contributed by atoms with Gasteiger partial charge in [-0.05, 0) is 80.4 Å². The summed E-state index contributed by atoms with van der Waals surface area (Å²) >= 11 is 0. The van der Waals surface area contributed by atoms with Crippen LogP contribution in [0.15, 0.2) is 65.6 Å². The molecule has 0 heterocycles. The monoisotopic (exact) mass is 484 g/mol. The summed E-state index contributed by atoms with van der Waals surface area (Å²) in [6.45, 7) is 5.57. The Morgan fingerprint density at radius 3 is 2.09 bits per heavy atom.